The lowest BCUT2D eigenvalue weighted by Gasteiger charge is -2.23. The topological polar surface area (TPSA) is 53.6 Å². The minimum absolute atomic E-state index is 0.0291. The van der Waals surface area contributed by atoms with Gasteiger partial charge in [-0.15, -0.1) is 0 Å². The molecule has 2 heterocycles. The van der Waals surface area contributed by atoms with E-state index >= 15 is 0 Å². The fraction of sp³-hybridized carbons (Fsp3) is 0.533. The minimum Gasteiger partial charge on any atom is -0.378 e. The lowest BCUT2D eigenvalue weighted by Crippen LogP contribution is -2.48. The number of carbonyl (C=O) groups excluding carboxylic acids is 1. The van der Waals surface area contributed by atoms with Crippen molar-refractivity contribution in [3.8, 4) is 0 Å². The smallest absolute Gasteiger partial charge is 0.243 e. The number of hydrogen-bond donors (Lipinski definition) is 2. The van der Waals surface area contributed by atoms with Crippen LogP contribution in [0.5, 0.6) is 0 Å². The summed E-state index contributed by atoms with van der Waals surface area (Å²) >= 11 is 0. The molecule has 2 fully saturated rings. The van der Waals surface area contributed by atoms with Crippen molar-refractivity contribution < 1.29 is 9.53 Å². The molecule has 3 rings (SSSR count). The zero-order valence-electron chi connectivity index (χ0n) is 11.6. The normalized spacial score (nSPS) is 22.8. The molecular weight excluding hydrogens is 254 g/mol. The van der Waals surface area contributed by atoms with Crippen LogP contribution in [0.25, 0.3) is 0 Å². The molecule has 0 spiro atoms. The molecule has 5 nitrogen and oxygen atoms in total. The van der Waals surface area contributed by atoms with Crippen LogP contribution in [0.15, 0.2) is 24.3 Å². The van der Waals surface area contributed by atoms with Crippen molar-refractivity contribution in [3.05, 3.63) is 24.3 Å². The highest BCUT2D eigenvalue weighted by atomic mass is 16.5. The minimum atomic E-state index is -0.248. The lowest BCUT2D eigenvalue weighted by atomic mass is 10.2. The Morgan fingerprint density at radius 3 is 2.65 bits per heavy atom. The summed E-state index contributed by atoms with van der Waals surface area (Å²) in [6.45, 7) is 4.11. The molecule has 2 N–H and O–H groups in total. The van der Waals surface area contributed by atoms with Crippen LogP contribution in [0.1, 0.15) is 12.8 Å². The van der Waals surface area contributed by atoms with Crippen molar-refractivity contribution in [3.63, 3.8) is 0 Å². The maximum absolute atomic E-state index is 12.0. The van der Waals surface area contributed by atoms with Gasteiger partial charge in [0.2, 0.25) is 5.91 Å². The molecule has 1 atom stereocenters. The molecule has 2 saturated heterocycles. The van der Waals surface area contributed by atoms with E-state index in [1.54, 1.807) is 0 Å². The first kappa shape index (κ1) is 13.4. The fourth-order valence-corrected chi connectivity index (χ4v) is 2.69. The Balaban J connectivity index is 1.58. The van der Waals surface area contributed by atoms with Gasteiger partial charge in [0, 0.05) is 31.0 Å². The predicted octanol–water partition coefficient (Wildman–Crippen LogP) is 1.21. The Morgan fingerprint density at radius 2 is 2.00 bits per heavy atom. The van der Waals surface area contributed by atoms with Gasteiger partial charge in [-0.3, -0.25) is 4.79 Å². The van der Waals surface area contributed by atoms with Crippen molar-refractivity contribution in [2.45, 2.75) is 18.9 Å². The highest BCUT2D eigenvalue weighted by Crippen LogP contribution is 2.22. The highest BCUT2D eigenvalue weighted by Gasteiger charge is 2.21. The maximum atomic E-state index is 12.0. The van der Waals surface area contributed by atoms with Crippen molar-refractivity contribution >= 4 is 17.3 Å². The third kappa shape index (κ3) is 3.11. The van der Waals surface area contributed by atoms with E-state index in [2.05, 4.69) is 27.7 Å². The van der Waals surface area contributed by atoms with Crippen LogP contribution < -0.4 is 15.5 Å². The summed E-state index contributed by atoms with van der Waals surface area (Å²) in [5.41, 5.74) is 2.07. The Bertz CT molecular complexity index is 449. The Hall–Kier alpha value is -1.59. The van der Waals surface area contributed by atoms with E-state index in [-0.39, 0.29) is 11.9 Å². The van der Waals surface area contributed by atoms with Crippen LogP contribution in [0.3, 0.4) is 0 Å². The molecule has 5 heteroatoms. The summed E-state index contributed by atoms with van der Waals surface area (Å²) in [7, 11) is 0. The molecule has 1 aromatic carbocycles. The van der Waals surface area contributed by atoms with Gasteiger partial charge in [-0.05, 0) is 37.1 Å². The number of morpholine rings is 1. The van der Waals surface area contributed by atoms with Crippen LogP contribution in [0, 0.1) is 0 Å². The van der Waals surface area contributed by atoms with Crippen LogP contribution in [-0.4, -0.2) is 44.8 Å². The molecule has 0 aliphatic carbocycles. The Kier molecular flexibility index (Phi) is 4.18. The summed E-state index contributed by atoms with van der Waals surface area (Å²) in [4.78, 5) is 14.4. The SMILES string of the molecule is O=C(Nc1ccc(N2CCCC2)cc1)C1COCCN1. The monoisotopic (exact) mass is 275 g/mol. The van der Waals surface area contributed by atoms with Gasteiger partial charge >= 0.3 is 0 Å². The average molecular weight is 275 g/mol. The first-order valence-corrected chi connectivity index (χ1v) is 7.30. The summed E-state index contributed by atoms with van der Waals surface area (Å²) in [6.07, 6.45) is 2.54. The summed E-state index contributed by atoms with van der Waals surface area (Å²) in [5, 5.41) is 6.08. The van der Waals surface area contributed by atoms with E-state index in [1.807, 2.05) is 12.1 Å². The molecule has 1 amide bonds. The van der Waals surface area contributed by atoms with Gasteiger partial charge in [-0.2, -0.15) is 0 Å². The molecule has 1 unspecified atom stereocenters. The van der Waals surface area contributed by atoms with Crippen LogP contribution in [0.2, 0.25) is 0 Å². The number of carbonyl (C=O) groups is 1. The standard InChI is InChI=1S/C15H21N3O2/c19-15(14-11-20-10-7-16-14)17-12-3-5-13(6-4-12)18-8-1-2-9-18/h3-6,14,16H,1-2,7-11H2,(H,17,19). The van der Waals surface area contributed by atoms with Crippen LogP contribution >= 0.6 is 0 Å². The number of benzene rings is 1. The third-order valence-corrected chi connectivity index (χ3v) is 3.84. The second kappa shape index (κ2) is 6.24. The summed E-state index contributed by atoms with van der Waals surface area (Å²) in [5.74, 6) is -0.0291. The van der Waals surface area contributed by atoms with E-state index in [0.29, 0.717) is 13.2 Å². The zero-order valence-corrected chi connectivity index (χ0v) is 11.6. The molecule has 2 aliphatic heterocycles. The van der Waals surface area contributed by atoms with E-state index in [4.69, 9.17) is 4.74 Å². The van der Waals surface area contributed by atoms with Crippen molar-refractivity contribution in [2.75, 3.05) is 43.1 Å². The summed E-state index contributed by atoms with van der Waals surface area (Å²) in [6, 6.07) is 7.84. The number of amides is 1. The lowest BCUT2D eigenvalue weighted by molar-refractivity contribution is -0.120. The average Bonchev–Trinajstić information content (AvgIpc) is 3.03. The van der Waals surface area contributed by atoms with E-state index < -0.39 is 0 Å². The number of nitrogens with zero attached hydrogens (tertiary/aromatic N) is 1. The second-order valence-electron chi connectivity index (χ2n) is 5.31. The van der Waals surface area contributed by atoms with Gasteiger partial charge in [0.1, 0.15) is 6.04 Å². The molecule has 1 aromatic rings. The predicted molar refractivity (Wildman–Crippen MR) is 79.1 cm³/mol. The molecule has 0 aromatic heterocycles. The number of hydrogen-bond acceptors (Lipinski definition) is 4. The van der Waals surface area contributed by atoms with Crippen molar-refractivity contribution in [2.24, 2.45) is 0 Å². The van der Waals surface area contributed by atoms with E-state index in [1.165, 1.54) is 18.5 Å². The first-order valence-electron chi connectivity index (χ1n) is 7.30. The van der Waals surface area contributed by atoms with Gasteiger partial charge in [0.15, 0.2) is 0 Å². The number of anilines is 2. The van der Waals surface area contributed by atoms with Gasteiger partial charge in [0.05, 0.1) is 13.2 Å². The fourth-order valence-electron chi connectivity index (χ4n) is 2.69. The Labute approximate surface area is 119 Å². The zero-order chi connectivity index (χ0) is 13.8. The number of nitrogens with one attached hydrogen (secondary N) is 2. The molecule has 108 valence electrons. The molecule has 20 heavy (non-hydrogen) atoms. The highest BCUT2D eigenvalue weighted by molar-refractivity contribution is 5.95. The Morgan fingerprint density at radius 1 is 1.25 bits per heavy atom. The maximum Gasteiger partial charge on any atom is 0.243 e. The largest absolute Gasteiger partial charge is 0.378 e. The van der Waals surface area contributed by atoms with Gasteiger partial charge < -0.3 is 20.3 Å². The second-order valence-corrected chi connectivity index (χ2v) is 5.31. The van der Waals surface area contributed by atoms with Crippen LogP contribution in [-0.2, 0) is 9.53 Å². The van der Waals surface area contributed by atoms with Crippen molar-refractivity contribution in [1.82, 2.24) is 5.32 Å². The van der Waals surface area contributed by atoms with E-state index in [0.717, 1.165) is 25.3 Å². The molecule has 0 saturated carbocycles. The molecule has 2 aliphatic rings. The molecule has 0 radical (unpaired) electrons. The molecule has 0 bridgehead atoms. The quantitative estimate of drug-likeness (QED) is 0.871. The van der Waals surface area contributed by atoms with Gasteiger partial charge in [0.25, 0.3) is 0 Å². The first-order chi connectivity index (χ1) is 9.83. The van der Waals surface area contributed by atoms with Gasteiger partial charge in [-0.25, -0.2) is 0 Å². The summed E-state index contributed by atoms with van der Waals surface area (Å²) < 4.78 is 5.30. The van der Waals surface area contributed by atoms with Crippen molar-refractivity contribution in [1.29, 1.82) is 0 Å². The number of ether oxygens (including phenoxy) is 1. The van der Waals surface area contributed by atoms with Crippen LogP contribution in [0.4, 0.5) is 11.4 Å². The third-order valence-electron chi connectivity index (χ3n) is 3.84. The van der Waals surface area contributed by atoms with E-state index in [9.17, 15) is 4.79 Å². The molecular formula is C15H21N3O2. The van der Waals surface area contributed by atoms with Gasteiger partial charge in [-0.1, -0.05) is 0 Å². The number of rotatable bonds is 3.